The van der Waals surface area contributed by atoms with Crippen LogP contribution in [-0.2, 0) is 10.5 Å². The van der Waals surface area contributed by atoms with Gasteiger partial charge in [0.2, 0.25) is 0 Å². The summed E-state index contributed by atoms with van der Waals surface area (Å²) < 4.78 is 0. The highest BCUT2D eigenvalue weighted by molar-refractivity contribution is 7.99. The molecule has 29 heavy (non-hydrogen) atoms. The van der Waals surface area contributed by atoms with Gasteiger partial charge in [-0.1, -0.05) is 85.2 Å². The number of aliphatic carboxylic acids is 1. The van der Waals surface area contributed by atoms with Crippen molar-refractivity contribution in [2.75, 3.05) is 0 Å². The first kappa shape index (κ1) is 26.0. The average Bonchev–Trinajstić information content (AvgIpc) is 2.60. The standard InChI is InChI=1S/C25H42O3S/c1-8-12-19(24(2,3)4)22(26)20(25(5,6)7)15-16-21(23(27)28)29-17-18-13-10-9-11-14-18/h9-11,13-14,19-22,26H,8,12,15-17H2,1-7H3,(H,27,28). The predicted molar refractivity (Wildman–Crippen MR) is 125 cm³/mol. The minimum absolute atomic E-state index is 0.0210. The summed E-state index contributed by atoms with van der Waals surface area (Å²) in [6.45, 7) is 15.3. The van der Waals surface area contributed by atoms with Crippen molar-refractivity contribution in [3.8, 4) is 0 Å². The molecule has 0 amide bonds. The fourth-order valence-corrected chi connectivity index (χ4v) is 5.24. The third-order valence-electron chi connectivity index (χ3n) is 5.96. The van der Waals surface area contributed by atoms with Crippen LogP contribution in [-0.4, -0.2) is 27.5 Å². The van der Waals surface area contributed by atoms with E-state index in [0.29, 0.717) is 12.2 Å². The Morgan fingerprint density at radius 2 is 1.45 bits per heavy atom. The number of hydrogen-bond donors (Lipinski definition) is 2. The van der Waals surface area contributed by atoms with E-state index in [0.717, 1.165) is 24.8 Å². The third-order valence-corrected chi connectivity index (χ3v) is 7.30. The minimum Gasteiger partial charge on any atom is -0.480 e. The second-order valence-corrected chi connectivity index (χ2v) is 11.6. The second kappa shape index (κ2) is 11.4. The first-order chi connectivity index (χ1) is 13.4. The number of aliphatic hydroxyl groups is 1. The van der Waals surface area contributed by atoms with E-state index in [9.17, 15) is 15.0 Å². The van der Waals surface area contributed by atoms with Crippen LogP contribution in [0, 0.1) is 22.7 Å². The fourth-order valence-electron chi connectivity index (χ4n) is 4.20. The lowest BCUT2D eigenvalue weighted by atomic mass is 9.65. The Labute approximate surface area is 182 Å². The fraction of sp³-hybridized carbons (Fsp3) is 0.720. The Hall–Kier alpha value is -1.00. The van der Waals surface area contributed by atoms with Gasteiger partial charge in [-0.3, -0.25) is 4.79 Å². The van der Waals surface area contributed by atoms with Gasteiger partial charge in [-0.25, -0.2) is 0 Å². The summed E-state index contributed by atoms with van der Waals surface area (Å²) in [4.78, 5) is 11.9. The zero-order valence-electron chi connectivity index (χ0n) is 19.4. The summed E-state index contributed by atoms with van der Waals surface area (Å²) in [6, 6.07) is 10.0. The van der Waals surface area contributed by atoms with Gasteiger partial charge in [-0.05, 0) is 47.5 Å². The lowest BCUT2D eigenvalue weighted by Gasteiger charge is -2.43. The van der Waals surface area contributed by atoms with Gasteiger partial charge in [0.05, 0.1) is 6.10 Å². The highest BCUT2D eigenvalue weighted by Crippen LogP contribution is 2.43. The lowest BCUT2D eigenvalue weighted by Crippen LogP contribution is -2.42. The van der Waals surface area contributed by atoms with Crippen molar-refractivity contribution in [1.29, 1.82) is 0 Å². The molecule has 0 saturated carbocycles. The molecule has 0 aliphatic carbocycles. The van der Waals surface area contributed by atoms with E-state index >= 15 is 0 Å². The monoisotopic (exact) mass is 422 g/mol. The van der Waals surface area contributed by atoms with E-state index in [1.807, 2.05) is 30.3 Å². The van der Waals surface area contributed by atoms with Gasteiger partial charge >= 0.3 is 5.97 Å². The third kappa shape index (κ3) is 8.72. The molecule has 0 aliphatic rings. The molecule has 1 aromatic carbocycles. The van der Waals surface area contributed by atoms with E-state index in [-0.39, 0.29) is 22.7 Å². The summed E-state index contributed by atoms with van der Waals surface area (Å²) in [7, 11) is 0. The van der Waals surface area contributed by atoms with Crippen LogP contribution in [0.1, 0.15) is 79.7 Å². The molecule has 4 heteroatoms. The molecule has 0 spiro atoms. The van der Waals surface area contributed by atoms with E-state index in [4.69, 9.17) is 0 Å². The average molecular weight is 423 g/mol. The molecule has 1 aromatic rings. The van der Waals surface area contributed by atoms with E-state index in [2.05, 4.69) is 48.5 Å². The summed E-state index contributed by atoms with van der Waals surface area (Å²) in [5.41, 5.74) is 1.09. The second-order valence-electron chi connectivity index (χ2n) is 10.4. The molecule has 1 rings (SSSR count). The van der Waals surface area contributed by atoms with Crippen LogP contribution in [0.15, 0.2) is 30.3 Å². The largest absolute Gasteiger partial charge is 0.480 e. The molecule has 0 aromatic heterocycles. The number of carbonyl (C=O) groups is 1. The van der Waals surface area contributed by atoms with Crippen molar-refractivity contribution in [2.45, 2.75) is 91.3 Å². The lowest BCUT2D eigenvalue weighted by molar-refractivity contribution is -0.136. The molecule has 4 unspecified atom stereocenters. The highest BCUT2D eigenvalue weighted by atomic mass is 32.2. The van der Waals surface area contributed by atoms with Gasteiger partial charge in [0, 0.05) is 5.75 Å². The van der Waals surface area contributed by atoms with Crippen LogP contribution < -0.4 is 0 Å². The van der Waals surface area contributed by atoms with Crippen molar-refractivity contribution in [3.63, 3.8) is 0 Å². The van der Waals surface area contributed by atoms with Gasteiger partial charge in [-0.2, -0.15) is 0 Å². The first-order valence-electron chi connectivity index (χ1n) is 10.9. The highest BCUT2D eigenvalue weighted by Gasteiger charge is 2.40. The van der Waals surface area contributed by atoms with Crippen LogP contribution in [0.3, 0.4) is 0 Å². The Morgan fingerprint density at radius 1 is 0.931 bits per heavy atom. The summed E-state index contributed by atoms with van der Waals surface area (Å²) in [5, 5.41) is 20.7. The van der Waals surface area contributed by atoms with Crippen LogP contribution in [0.25, 0.3) is 0 Å². The van der Waals surface area contributed by atoms with Crippen molar-refractivity contribution in [3.05, 3.63) is 35.9 Å². The number of carboxylic acids is 1. The molecule has 0 aliphatic heterocycles. The van der Waals surface area contributed by atoms with Crippen molar-refractivity contribution in [2.24, 2.45) is 22.7 Å². The van der Waals surface area contributed by atoms with E-state index in [1.54, 1.807) is 0 Å². The van der Waals surface area contributed by atoms with E-state index in [1.165, 1.54) is 11.8 Å². The number of carboxylic acid groups (broad SMARTS) is 1. The van der Waals surface area contributed by atoms with Crippen LogP contribution >= 0.6 is 11.8 Å². The van der Waals surface area contributed by atoms with E-state index < -0.39 is 17.3 Å². The summed E-state index contributed by atoms with van der Waals surface area (Å²) >= 11 is 1.49. The molecule has 3 nitrogen and oxygen atoms in total. The van der Waals surface area contributed by atoms with Gasteiger partial charge in [0.15, 0.2) is 0 Å². The molecular weight excluding hydrogens is 380 g/mol. The Bertz CT molecular complexity index is 601. The van der Waals surface area contributed by atoms with Gasteiger partial charge in [0.1, 0.15) is 5.25 Å². The molecule has 2 N–H and O–H groups in total. The smallest absolute Gasteiger partial charge is 0.316 e. The van der Waals surface area contributed by atoms with Crippen LogP contribution in [0.5, 0.6) is 0 Å². The predicted octanol–water partition coefficient (Wildman–Crippen LogP) is 6.64. The normalized spacial score (nSPS) is 16.8. The minimum atomic E-state index is -0.756. The summed E-state index contributed by atoms with van der Waals surface area (Å²) in [5.74, 6) is 0.213. The number of rotatable bonds is 11. The Morgan fingerprint density at radius 3 is 1.90 bits per heavy atom. The molecule has 4 atom stereocenters. The number of benzene rings is 1. The molecule has 0 bridgehead atoms. The van der Waals surface area contributed by atoms with Crippen LogP contribution in [0.2, 0.25) is 0 Å². The zero-order valence-corrected chi connectivity index (χ0v) is 20.3. The van der Waals surface area contributed by atoms with Crippen molar-refractivity contribution >= 4 is 17.7 Å². The molecular formula is C25H42O3S. The molecule has 0 heterocycles. The summed E-state index contributed by atoms with van der Waals surface area (Å²) in [6.07, 6.45) is 2.90. The van der Waals surface area contributed by atoms with Crippen LogP contribution in [0.4, 0.5) is 0 Å². The molecule has 0 radical (unpaired) electrons. The zero-order chi connectivity index (χ0) is 22.2. The van der Waals surface area contributed by atoms with Crippen molar-refractivity contribution < 1.29 is 15.0 Å². The topological polar surface area (TPSA) is 57.5 Å². The van der Waals surface area contributed by atoms with Gasteiger partial charge in [0.25, 0.3) is 0 Å². The maximum atomic E-state index is 11.9. The Balaban J connectivity index is 2.88. The maximum absolute atomic E-state index is 11.9. The van der Waals surface area contributed by atoms with Gasteiger partial charge < -0.3 is 10.2 Å². The number of thioether (sulfide) groups is 1. The quantitative estimate of drug-likeness (QED) is 0.420. The van der Waals surface area contributed by atoms with Crippen molar-refractivity contribution in [1.82, 2.24) is 0 Å². The molecule has 0 fully saturated rings. The number of hydrogen-bond acceptors (Lipinski definition) is 3. The Kier molecular flexibility index (Phi) is 10.2. The first-order valence-corrected chi connectivity index (χ1v) is 12.0. The number of aliphatic hydroxyl groups excluding tert-OH is 1. The maximum Gasteiger partial charge on any atom is 0.316 e. The SMILES string of the molecule is CCCC(C(O)C(CCC(SCc1ccccc1)C(=O)O)C(C)(C)C)C(C)(C)C. The molecule has 0 saturated heterocycles. The van der Waals surface area contributed by atoms with Gasteiger partial charge in [-0.15, -0.1) is 11.8 Å². The molecule has 166 valence electrons.